The maximum atomic E-state index is 13.3. The summed E-state index contributed by atoms with van der Waals surface area (Å²) in [7, 11) is 2.67. The van der Waals surface area contributed by atoms with E-state index in [1.54, 1.807) is 13.8 Å². The van der Waals surface area contributed by atoms with Gasteiger partial charge in [0.05, 0.1) is 29.9 Å². The van der Waals surface area contributed by atoms with Crippen molar-refractivity contribution in [2.24, 2.45) is 0 Å². The van der Waals surface area contributed by atoms with Gasteiger partial charge in [0.15, 0.2) is 30.2 Å². The van der Waals surface area contributed by atoms with Crippen molar-refractivity contribution in [3.63, 3.8) is 0 Å². The lowest BCUT2D eigenvalue weighted by atomic mass is 9.85. The van der Waals surface area contributed by atoms with Crippen molar-refractivity contribution in [1.29, 1.82) is 0 Å². The fourth-order valence-electron chi connectivity index (χ4n) is 4.94. The van der Waals surface area contributed by atoms with E-state index in [0.717, 1.165) is 0 Å². The van der Waals surface area contributed by atoms with E-state index in [4.69, 9.17) is 51.6 Å². The van der Waals surface area contributed by atoms with Crippen LogP contribution in [0, 0.1) is 12.1 Å². The third-order valence-corrected chi connectivity index (χ3v) is 7.65. The highest BCUT2D eigenvalue weighted by Crippen LogP contribution is 2.45. The molecule has 0 amide bonds. The largest absolute Gasteiger partial charge is 0.762 e. The summed E-state index contributed by atoms with van der Waals surface area (Å²) >= 11 is 12.3. The average Bonchev–Trinajstić information content (AvgIpc) is 2.81. The molecule has 0 spiro atoms. The number of hydrogen-bond acceptors (Lipinski definition) is 12. The third kappa shape index (κ3) is 5.78. The van der Waals surface area contributed by atoms with Crippen LogP contribution in [0.3, 0.4) is 0 Å². The van der Waals surface area contributed by atoms with Crippen LogP contribution in [-0.2, 0) is 23.7 Å². The summed E-state index contributed by atoms with van der Waals surface area (Å²) < 4.78 is 33.8. The standard InChI is InChI=1S/C23H32Cl2NO11/c1-9-15(20(32-5)17(25)18(28)16(9)24)22(29)37-19-10(2)34-13(27)7-12(19)36-14-8-23(4,26(30)31)21(33-6)11(3)35-14/h10-14,19,21,27-28,30H,7-8H2,1-6H3/q-1. The first-order chi connectivity index (χ1) is 17.3. The molecule has 1 aromatic carbocycles. The van der Waals surface area contributed by atoms with Crippen LogP contribution in [-0.4, -0.2) is 89.5 Å². The number of halogens is 2. The van der Waals surface area contributed by atoms with Crippen LogP contribution < -0.4 is 4.74 Å². The molecule has 2 aliphatic heterocycles. The molecule has 0 saturated carbocycles. The lowest BCUT2D eigenvalue weighted by Gasteiger charge is -2.53. The number of ether oxygens (including phenoxy) is 6. The van der Waals surface area contributed by atoms with Gasteiger partial charge in [0.2, 0.25) is 0 Å². The Morgan fingerprint density at radius 2 is 1.84 bits per heavy atom. The number of nitrogens with zero attached hydrogens (tertiary/aromatic N) is 1. The van der Waals surface area contributed by atoms with Gasteiger partial charge in [-0.15, -0.1) is 0 Å². The summed E-state index contributed by atoms with van der Waals surface area (Å²) in [6.07, 6.45) is -6.63. The smallest absolute Gasteiger partial charge is 0.342 e. The minimum atomic E-state index is -1.40. The minimum Gasteiger partial charge on any atom is -0.762 e. The maximum Gasteiger partial charge on any atom is 0.342 e. The van der Waals surface area contributed by atoms with Crippen LogP contribution >= 0.6 is 23.2 Å². The highest BCUT2D eigenvalue weighted by atomic mass is 35.5. The molecule has 2 saturated heterocycles. The molecule has 210 valence electrons. The van der Waals surface area contributed by atoms with Crippen molar-refractivity contribution in [2.45, 2.75) is 89.2 Å². The molecule has 0 aliphatic carbocycles. The van der Waals surface area contributed by atoms with Crippen molar-refractivity contribution < 1.29 is 48.6 Å². The molecule has 37 heavy (non-hydrogen) atoms. The fourth-order valence-corrected chi connectivity index (χ4v) is 5.44. The van der Waals surface area contributed by atoms with Gasteiger partial charge in [0, 0.05) is 20.0 Å². The van der Waals surface area contributed by atoms with Crippen molar-refractivity contribution in [3.8, 4) is 11.5 Å². The Hall–Kier alpha value is -1.45. The number of phenols is 1. The molecule has 2 heterocycles. The van der Waals surface area contributed by atoms with Gasteiger partial charge < -0.3 is 49.0 Å². The van der Waals surface area contributed by atoms with Gasteiger partial charge in [-0.2, -0.15) is 0 Å². The number of hydroxylamine groups is 2. The second-order valence-corrected chi connectivity index (χ2v) is 10.1. The Morgan fingerprint density at radius 1 is 1.19 bits per heavy atom. The van der Waals surface area contributed by atoms with E-state index < -0.39 is 60.4 Å². The van der Waals surface area contributed by atoms with E-state index in [1.165, 1.54) is 28.1 Å². The Kier molecular flexibility index (Phi) is 9.55. The normalized spacial score (nSPS) is 34.4. The number of aliphatic hydroxyl groups is 1. The monoisotopic (exact) mass is 568 g/mol. The third-order valence-electron chi connectivity index (χ3n) is 6.84. The molecule has 2 aliphatic rings. The van der Waals surface area contributed by atoms with Crippen LogP contribution in [0.4, 0.5) is 0 Å². The van der Waals surface area contributed by atoms with E-state index in [1.807, 2.05) is 0 Å². The predicted molar refractivity (Wildman–Crippen MR) is 130 cm³/mol. The molecule has 8 unspecified atom stereocenters. The summed E-state index contributed by atoms with van der Waals surface area (Å²) in [5.74, 6) is -1.45. The fraction of sp³-hybridized carbons (Fsp3) is 0.696. The van der Waals surface area contributed by atoms with Gasteiger partial charge in [0.25, 0.3) is 0 Å². The number of esters is 1. The van der Waals surface area contributed by atoms with Crippen LogP contribution in [0.15, 0.2) is 0 Å². The van der Waals surface area contributed by atoms with Crippen molar-refractivity contribution in [3.05, 3.63) is 26.4 Å². The Morgan fingerprint density at radius 3 is 2.41 bits per heavy atom. The van der Waals surface area contributed by atoms with Gasteiger partial charge in [-0.1, -0.05) is 23.2 Å². The van der Waals surface area contributed by atoms with Crippen LogP contribution in [0.1, 0.15) is 49.5 Å². The molecule has 2 fully saturated rings. The van der Waals surface area contributed by atoms with Crippen LogP contribution in [0.25, 0.3) is 0 Å². The average molecular weight is 569 g/mol. The van der Waals surface area contributed by atoms with Crippen LogP contribution in [0.5, 0.6) is 11.5 Å². The van der Waals surface area contributed by atoms with Gasteiger partial charge in [-0.25, -0.2) is 4.79 Å². The number of phenolic OH excluding ortho intramolecular Hbond substituents is 1. The summed E-state index contributed by atoms with van der Waals surface area (Å²) in [6.45, 7) is 6.25. The molecule has 8 atom stereocenters. The molecule has 12 nitrogen and oxygen atoms in total. The van der Waals surface area contributed by atoms with Crippen molar-refractivity contribution in [2.75, 3.05) is 14.2 Å². The summed E-state index contributed by atoms with van der Waals surface area (Å²) in [5.41, 5.74) is -1.33. The topological polar surface area (TPSA) is 159 Å². The number of carbonyl (C=O) groups is 1. The molecule has 14 heteroatoms. The number of aliphatic hydroxyl groups excluding tert-OH is 1. The molecular formula is C23H32Cl2NO11-. The van der Waals surface area contributed by atoms with E-state index in [-0.39, 0.29) is 45.0 Å². The van der Waals surface area contributed by atoms with Gasteiger partial charge in [0.1, 0.15) is 22.8 Å². The molecule has 1 aromatic rings. The van der Waals surface area contributed by atoms with Crippen molar-refractivity contribution >= 4 is 29.2 Å². The second kappa shape index (κ2) is 11.7. The number of rotatable bonds is 7. The Bertz CT molecular complexity index is 996. The van der Waals surface area contributed by atoms with E-state index in [9.17, 15) is 25.4 Å². The lowest BCUT2D eigenvalue weighted by molar-refractivity contribution is -0.321. The highest BCUT2D eigenvalue weighted by molar-refractivity contribution is 6.39. The van der Waals surface area contributed by atoms with Crippen LogP contribution in [0.2, 0.25) is 10.0 Å². The molecule has 0 bridgehead atoms. The number of aromatic hydroxyl groups is 1. The van der Waals surface area contributed by atoms with Gasteiger partial charge in [-0.05, 0) is 33.3 Å². The number of carbonyl (C=O) groups excluding carboxylic acids is 1. The second-order valence-electron chi connectivity index (χ2n) is 9.35. The quantitative estimate of drug-likeness (QED) is 0.326. The SMILES string of the molecule is COc1c(Cl)c(O)c(Cl)c(C)c1C(=O)OC1C(C)OC(O)CC1OC1CC(C)(N([O-])O)C(OC)C(C)O1. The van der Waals surface area contributed by atoms with Gasteiger partial charge in [-0.3, -0.25) is 5.23 Å². The molecule has 0 aromatic heterocycles. The van der Waals surface area contributed by atoms with Crippen molar-refractivity contribution in [1.82, 2.24) is 5.23 Å². The minimum absolute atomic E-state index is 0.0888. The predicted octanol–water partition coefficient (Wildman–Crippen LogP) is 3.15. The first-order valence-electron chi connectivity index (χ1n) is 11.6. The zero-order chi connectivity index (χ0) is 27.8. The number of hydrogen-bond donors (Lipinski definition) is 3. The maximum absolute atomic E-state index is 13.3. The number of methoxy groups -OCH3 is 2. The zero-order valence-electron chi connectivity index (χ0n) is 21.3. The number of benzene rings is 1. The molecule has 3 N–H and O–H groups in total. The first kappa shape index (κ1) is 30.1. The summed E-state index contributed by atoms with van der Waals surface area (Å²) in [6, 6.07) is 0. The Labute approximate surface area is 224 Å². The van der Waals surface area contributed by atoms with Gasteiger partial charge >= 0.3 is 5.97 Å². The summed E-state index contributed by atoms with van der Waals surface area (Å²) in [5, 5.41) is 41.6. The van der Waals surface area contributed by atoms with E-state index >= 15 is 0 Å². The van der Waals surface area contributed by atoms with E-state index in [0.29, 0.717) is 0 Å². The zero-order valence-corrected chi connectivity index (χ0v) is 22.8. The lowest BCUT2D eigenvalue weighted by Crippen LogP contribution is -2.63. The van der Waals surface area contributed by atoms with E-state index in [2.05, 4.69) is 0 Å². The summed E-state index contributed by atoms with van der Waals surface area (Å²) in [4.78, 5) is 13.3. The molecule has 0 radical (unpaired) electrons. The first-order valence-corrected chi connectivity index (χ1v) is 12.3. The molecule has 3 rings (SSSR count). The Balaban J connectivity index is 1.88. The molecular weight excluding hydrogens is 537 g/mol. The highest BCUT2D eigenvalue weighted by Gasteiger charge is 2.49.